The van der Waals surface area contributed by atoms with Crippen LogP contribution in [0.4, 0.5) is 10.1 Å². The number of ether oxygens (including phenoxy) is 1. The minimum absolute atomic E-state index is 0.0168. The van der Waals surface area contributed by atoms with E-state index >= 15 is 0 Å². The lowest BCUT2D eigenvalue weighted by atomic mass is 9.89. The van der Waals surface area contributed by atoms with Gasteiger partial charge in [0.15, 0.2) is 0 Å². The number of nitrogens with one attached hydrogen (secondary N) is 1. The van der Waals surface area contributed by atoms with Gasteiger partial charge in [-0.1, -0.05) is 31.4 Å². The largest absolute Gasteiger partial charge is 0.479 e. The van der Waals surface area contributed by atoms with Crippen LogP contribution in [0.3, 0.4) is 0 Å². The molecule has 0 aliphatic heterocycles. The van der Waals surface area contributed by atoms with Crippen molar-refractivity contribution < 1.29 is 13.9 Å². The Morgan fingerprint density at radius 3 is 2.75 bits per heavy atom. The van der Waals surface area contributed by atoms with Crippen LogP contribution in [0.5, 0.6) is 5.75 Å². The Morgan fingerprint density at radius 2 is 2.20 bits per heavy atom. The van der Waals surface area contributed by atoms with Gasteiger partial charge in [-0.3, -0.25) is 4.79 Å². The molecule has 1 aromatic carbocycles. The number of benzene rings is 1. The predicted molar refractivity (Wildman–Crippen MR) is 78.7 cm³/mol. The summed E-state index contributed by atoms with van der Waals surface area (Å²) in [5.74, 6) is 2.11. The highest BCUT2D eigenvalue weighted by Gasteiger charge is 2.23. The number of halogens is 2. The molecule has 0 unspecified atom stereocenters. The van der Waals surface area contributed by atoms with E-state index in [9.17, 15) is 9.18 Å². The van der Waals surface area contributed by atoms with Gasteiger partial charge in [0.2, 0.25) is 0 Å². The number of hydrogen-bond donors (Lipinski definition) is 1. The summed E-state index contributed by atoms with van der Waals surface area (Å²) in [7, 11) is 0. The van der Waals surface area contributed by atoms with E-state index in [0.29, 0.717) is 12.3 Å². The van der Waals surface area contributed by atoms with Crippen LogP contribution in [0.15, 0.2) is 12.1 Å². The maximum Gasteiger partial charge on any atom is 0.148 e. The molecule has 0 atom stereocenters. The van der Waals surface area contributed by atoms with Crippen molar-refractivity contribution >= 4 is 23.1 Å². The van der Waals surface area contributed by atoms with Gasteiger partial charge in [-0.2, -0.15) is 0 Å². The second-order valence-electron chi connectivity index (χ2n) is 5.05. The van der Waals surface area contributed by atoms with Crippen LogP contribution in [0.2, 0.25) is 5.02 Å². The van der Waals surface area contributed by atoms with Crippen molar-refractivity contribution in [3.63, 3.8) is 0 Å². The van der Waals surface area contributed by atoms with Gasteiger partial charge in [0.1, 0.15) is 24.0 Å². The molecule has 0 bridgehead atoms. The van der Waals surface area contributed by atoms with Crippen molar-refractivity contribution in [2.45, 2.75) is 20.8 Å². The molecule has 0 amide bonds. The molecule has 20 heavy (non-hydrogen) atoms. The van der Waals surface area contributed by atoms with Crippen LogP contribution in [0.1, 0.15) is 20.8 Å². The van der Waals surface area contributed by atoms with Gasteiger partial charge < -0.3 is 10.1 Å². The molecule has 0 aliphatic rings. The lowest BCUT2D eigenvalue weighted by Gasteiger charge is -2.22. The molecular weight excluding hydrogens is 281 g/mol. The third-order valence-corrected chi connectivity index (χ3v) is 3.30. The van der Waals surface area contributed by atoms with Gasteiger partial charge in [0.25, 0.3) is 0 Å². The van der Waals surface area contributed by atoms with Crippen LogP contribution in [0.25, 0.3) is 0 Å². The Labute approximate surface area is 123 Å². The van der Waals surface area contributed by atoms with E-state index in [-0.39, 0.29) is 23.1 Å². The molecule has 0 saturated heterocycles. The molecule has 0 aliphatic carbocycles. The molecule has 0 saturated carbocycles. The highest BCUT2D eigenvalue weighted by Crippen LogP contribution is 2.31. The molecule has 0 radical (unpaired) electrons. The maximum atomic E-state index is 13.8. The average molecular weight is 298 g/mol. The van der Waals surface area contributed by atoms with E-state index in [2.05, 4.69) is 11.2 Å². The molecule has 1 rings (SSSR count). The first kappa shape index (κ1) is 16.3. The molecule has 0 heterocycles. The summed E-state index contributed by atoms with van der Waals surface area (Å²) in [5, 5.41) is 3.04. The van der Waals surface area contributed by atoms with E-state index < -0.39 is 11.2 Å². The van der Waals surface area contributed by atoms with Crippen molar-refractivity contribution in [1.29, 1.82) is 0 Å². The number of anilines is 1. The summed E-state index contributed by atoms with van der Waals surface area (Å²) in [6.07, 6.45) is 5.10. The summed E-state index contributed by atoms with van der Waals surface area (Å²) in [6, 6.07) is 2.59. The average Bonchev–Trinajstić information content (AvgIpc) is 2.36. The van der Waals surface area contributed by atoms with E-state index in [0.717, 1.165) is 6.07 Å². The third-order valence-electron chi connectivity index (χ3n) is 3.01. The molecule has 0 spiro atoms. The first-order valence-corrected chi connectivity index (χ1v) is 6.46. The van der Waals surface area contributed by atoms with E-state index in [1.165, 1.54) is 13.0 Å². The Hall–Kier alpha value is -1.73. The van der Waals surface area contributed by atoms with Gasteiger partial charge in [0, 0.05) is 18.0 Å². The van der Waals surface area contributed by atoms with Gasteiger partial charge in [-0.25, -0.2) is 4.39 Å². The highest BCUT2D eigenvalue weighted by atomic mass is 35.5. The quantitative estimate of drug-likeness (QED) is 0.817. The smallest absolute Gasteiger partial charge is 0.148 e. The second kappa shape index (κ2) is 6.62. The second-order valence-corrected chi connectivity index (χ2v) is 5.46. The van der Waals surface area contributed by atoms with Crippen molar-refractivity contribution in [2.24, 2.45) is 5.41 Å². The van der Waals surface area contributed by atoms with Crippen molar-refractivity contribution in [1.82, 2.24) is 0 Å². The Morgan fingerprint density at radius 1 is 1.55 bits per heavy atom. The Balaban J connectivity index is 2.90. The zero-order valence-electron chi connectivity index (χ0n) is 11.7. The highest BCUT2D eigenvalue weighted by molar-refractivity contribution is 6.32. The topological polar surface area (TPSA) is 38.3 Å². The fraction of sp³-hybridized carbons (Fsp3) is 0.400. The molecule has 5 heteroatoms. The van der Waals surface area contributed by atoms with Gasteiger partial charge >= 0.3 is 0 Å². The lowest BCUT2D eigenvalue weighted by molar-refractivity contribution is -0.124. The van der Waals surface area contributed by atoms with Crippen molar-refractivity contribution in [2.75, 3.05) is 18.5 Å². The first-order valence-electron chi connectivity index (χ1n) is 6.08. The SMILES string of the molecule is C#CCOc1cc(NCC(C)(C)C(C)=O)c(F)cc1Cl. The minimum atomic E-state index is -0.591. The molecule has 0 aromatic heterocycles. The third kappa shape index (κ3) is 4.14. The van der Waals surface area contributed by atoms with E-state index in [1.807, 2.05) is 0 Å². The standard InChI is InChI=1S/C15H17ClFNO2/c1-5-6-20-14-8-13(12(17)7-11(14)16)18-9-15(3,4)10(2)19/h1,7-8,18H,6,9H2,2-4H3. The van der Waals surface area contributed by atoms with Crippen molar-refractivity contribution in [3.8, 4) is 18.1 Å². The molecule has 108 valence electrons. The van der Waals surface area contributed by atoms with Crippen molar-refractivity contribution in [3.05, 3.63) is 23.0 Å². The number of rotatable bonds is 6. The molecule has 0 fully saturated rings. The molecule has 1 aromatic rings. The van der Waals surface area contributed by atoms with E-state index in [1.54, 1.807) is 13.8 Å². The fourth-order valence-electron chi connectivity index (χ4n) is 1.34. The van der Waals surface area contributed by atoms with Gasteiger partial charge in [-0.15, -0.1) is 6.42 Å². The summed E-state index contributed by atoms with van der Waals surface area (Å²) in [4.78, 5) is 11.4. The zero-order valence-corrected chi connectivity index (χ0v) is 12.5. The Bertz CT molecular complexity index is 550. The predicted octanol–water partition coefficient (Wildman–Crippen LogP) is 3.52. The number of terminal acetylenes is 1. The lowest BCUT2D eigenvalue weighted by Crippen LogP contribution is -2.30. The maximum absolute atomic E-state index is 13.8. The van der Waals surface area contributed by atoms with Crippen LogP contribution in [-0.4, -0.2) is 18.9 Å². The van der Waals surface area contributed by atoms with Crippen LogP contribution >= 0.6 is 11.6 Å². The van der Waals surface area contributed by atoms with Gasteiger partial charge in [-0.05, 0) is 13.0 Å². The number of Topliss-reactive ketones (excluding diaryl/α,β-unsaturated/α-hetero) is 1. The monoisotopic (exact) mass is 297 g/mol. The van der Waals surface area contributed by atoms with Crippen LogP contribution < -0.4 is 10.1 Å². The van der Waals surface area contributed by atoms with Crippen LogP contribution in [-0.2, 0) is 4.79 Å². The normalized spacial score (nSPS) is 10.8. The van der Waals surface area contributed by atoms with E-state index in [4.69, 9.17) is 22.8 Å². The molecule has 1 N–H and O–H groups in total. The minimum Gasteiger partial charge on any atom is -0.479 e. The summed E-state index contributed by atoms with van der Waals surface area (Å²) < 4.78 is 19.0. The number of carbonyl (C=O) groups excluding carboxylic acids is 1. The fourth-order valence-corrected chi connectivity index (χ4v) is 1.54. The number of hydrogen-bond acceptors (Lipinski definition) is 3. The number of ketones is 1. The number of carbonyl (C=O) groups is 1. The zero-order chi connectivity index (χ0) is 15.3. The van der Waals surface area contributed by atoms with Crippen LogP contribution in [0, 0.1) is 23.6 Å². The Kier molecular flexibility index (Phi) is 5.41. The molecular formula is C15H17ClFNO2. The molecule has 3 nitrogen and oxygen atoms in total. The summed E-state index contributed by atoms with van der Waals surface area (Å²) in [6.45, 7) is 5.42. The van der Waals surface area contributed by atoms with Gasteiger partial charge in [0.05, 0.1) is 10.7 Å². The first-order chi connectivity index (χ1) is 9.27. The summed E-state index contributed by atoms with van der Waals surface area (Å²) >= 11 is 5.86. The summed E-state index contributed by atoms with van der Waals surface area (Å²) in [5.41, 5.74) is -0.373.